The highest BCUT2D eigenvalue weighted by Gasteiger charge is 2.23. The molecule has 0 saturated carbocycles. The van der Waals surface area contributed by atoms with Crippen molar-refractivity contribution in [2.75, 3.05) is 19.6 Å². The molecule has 0 bridgehead atoms. The lowest BCUT2D eigenvalue weighted by atomic mass is 10.2. The van der Waals surface area contributed by atoms with E-state index in [-0.39, 0.29) is 0 Å². The molecule has 1 aliphatic heterocycles. The van der Waals surface area contributed by atoms with Crippen LogP contribution >= 0.6 is 0 Å². The van der Waals surface area contributed by atoms with Gasteiger partial charge in [-0.2, -0.15) is 0 Å². The largest absolute Gasteiger partial charge is 0.464 e. The lowest BCUT2D eigenvalue weighted by Gasteiger charge is -2.16. The fourth-order valence-corrected chi connectivity index (χ4v) is 3.21. The van der Waals surface area contributed by atoms with Gasteiger partial charge in [-0.15, -0.1) is 0 Å². The number of benzene rings is 1. The molecule has 3 rings (SSSR count). The summed E-state index contributed by atoms with van der Waals surface area (Å²) < 4.78 is 11.9. The SMILES string of the molecule is CCNCc1cc(COC2CCN(Cc3ccccc3)C2)oc1C. The highest BCUT2D eigenvalue weighted by Crippen LogP contribution is 2.20. The van der Waals surface area contributed by atoms with Gasteiger partial charge in [0.1, 0.15) is 18.1 Å². The molecule has 0 aliphatic carbocycles. The Hall–Kier alpha value is -1.62. The van der Waals surface area contributed by atoms with Crippen LogP contribution in [0.2, 0.25) is 0 Å². The molecule has 4 heteroatoms. The van der Waals surface area contributed by atoms with Gasteiger partial charge in [0.2, 0.25) is 0 Å². The molecule has 1 fully saturated rings. The highest BCUT2D eigenvalue weighted by molar-refractivity contribution is 5.20. The first kappa shape index (κ1) is 17.2. The Morgan fingerprint density at radius 2 is 2.12 bits per heavy atom. The summed E-state index contributed by atoms with van der Waals surface area (Å²) >= 11 is 0. The van der Waals surface area contributed by atoms with Crippen LogP contribution in [0.1, 0.15) is 36.0 Å². The van der Waals surface area contributed by atoms with E-state index in [4.69, 9.17) is 9.15 Å². The summed E-state index contributed by atoms with van der Waals surface area (Å²) in [5.41, 5.74) is 2.60. The molecule has 0 radical (unpaired) electrons. The number of aryl methyl sites for hydroxylation is 1. The number of nitrogens with one attached hydrogen (secondary N) is 1. The number of rotatable bonds is 8. The van der Waals surface area contributed by atoms with Gasteiger partial charge in [0.25, 0.3) is 0 Å². The van der Waals surface area contributed by atoms with Crippen LogP contribution in [0.4, 0.5) is 0 Å². The van der Waals surface area contributed by atoms with E-state index in [9.17, 15) is 0 Å². The topological polar surface area (TPSA) is 37.6 Å². The zero-order valence-electron chi connectivity index (χ0n) is 14.8. The van der Waals surface area contributed by atoms with Crippen LogP contribution in [0.25, 0.3) is 0 Å². The number of hydrogen-bond acceptors (Lipinski definition) is 4. The fourth-order valence-electron chi connectivity index (χ4n) is 3.21. The van der Waals surface area contributed by atoms with Crippen LogP contribution in [0.3, 0.4) is 0 Å². The van der Waals surface area contributed by atoms with Crippen molar-refractivity contribution < 1.29 is 9.15 Å². The van der Waals surface area contributed by atoms with Crippen LogP contribution < -0.4 is 5.32 Å². The molecular formula is C20H28N2O2. The van der Waals surface area contributed by atoms with Gasteiger partial charge >= 0.3 is 0 Å². The molecule has 1 aromatic heterocycles. The highest BCUT2D eigenvalue weighted by atomic mass is 16.5. The average Bonchev–Trinajstić information content (AvgIpc) is 3.18. The number of likely N-dealkylation sites (tertiary alicyclic amines) is 1. The summed E-state index contributed by atoms with van der Waals surface area (Å²) in [6.45, 7) is 9.63. The minimum atomic E-state index is 0.302. The second kappa shape index (κ2) is 8.47. The Balaban J connectivity index is 1.44. The van der Waals surface area contributed by atoms with Gasteiger partial charge < -0.3 is 14.5 Å². The zero-order chi connectivity index (χ0) is 16.8. The van der Waals surface area contributed by atoms with Crippen molar-refractivity contribution in [1.82, 2.24) is 10.2 Å². The van der Waals surface area contributed by atoms with E-state index >= 15 is 0 Å². The minimum Gasteiger partial charge on any atom is -0.464 e. The average molecular weight is 328 g/mol. The quantitative estimate of drug-likeness (QED) is 0.805. The number of furan rings is 1. The third kappa shape index (κ3) is 4.69. The smallest absolute Gasteiger partial charge is 0.130 e. The van der Waals surface area contributed by atoms with Crippen molar-refractivity contribution in [3.05, 3.63) is 59.0 Å². The van der Waals surface area contributed by atoms with Gasteiger partial charge in [-0.05, 0) is 31.5 Å². The van der Waals surface area contributed by atoms with E-state index < -0.39 is 0 Å². The van der Waals surface area contributed by atoms with E-state index in [1.54, 1.807) is 0 Å². The summed E-state index contributed by atoms with van der Waals surface area (Å²) in [6, 6.07) is 12.8. The lowest BCUT2D eigenvalue weighted by molar-refractivity contribution is 0.0361. The molecule has 1 atom stereocenters. The Morgan fingerprint density at radius 3 is 2.92 bits per heavy atom. The molecule has 130 valence electrons. The zero-order valence-corrected chi connectivity index (χ0v) is 14.8. The molecule has 1 N–H and O–H groups in total. The van der Waals surface area contributed by atoms with Crippen LogP contribution in [-0.2, 0) is 24.4 Å². The maximum Gasteiger partial charge on any atom is 0.130 e. The van der Waals surface area contributed by atoms with Crippen molar-refractivity contribution >= 4 is 0 Å². The maximum absolute atomic E-state index is 6.07. The normalized spacial score (nSPS) is 18.3. The summed E-state index contributed by atoms with van der Waals surface area (Å²) in [4.78, 5) is 2.46. The second-order valence-electron chi connectivity index (χ2n) is 6.52. The molecule has 0 amide bonds. The summed E-state index contributed by atoms with van der Waals surface area (Å²) in [5.74, 6) is 1.92. The summed E-state index contributed by atoms with van der Waals surface area (Å²) in [7, 11) is 0. The molecule has 1 saturated heterocycles. The van der Waals surface area contributed by atoms with Crippen LogP contribution in [0, 0.1) is 6.92 Å². The molecule has 4 nitrogen and oxygen atoms in total. The second-order valence-corrected chi connectivity index (χ2v) is 6.52. The molecular weight excluding hydrogens is 300 g/mol. The van der Waals surface area contributed by atoms with E-state index in [2.05, 4.69) is 53.5 Å². The van der Waals surface area contributed by atoms with Gasteiger partial charge in [0, 0.05) is 31.7 Å². The summed E-state index contributed by atoms with van der Waals surface area (Å²) in [5, 5.41) is 3.34. The molecule has 2 heterocycles. The predicted molar refractivity (Wildman–Crippen MR) is 95.7 cm³/mol. The Morgan fingerprint density at radius 1 is 1.29 bits per heavy atom. The Kier molecular flexibility index (Phi) is 6.07. The first-order valence-electron chi connectivity index (χ1n) is 8.91. The van der Waals surface area contributed by atoms with Crippen molar-refractivity contribution in [3.63, 3.8) is 0 Å². The molecule has 24 heavy (non-hydrogen) atoms. The number of hydrogen-bond donors (Lipinski definition) is 1. The van der Waals surface area contributed by atoms with Crippen molar-refractivity contribution in [2.24, 2.45) is 0 Å². The Labute approximate surface area is 144 Å². The van der Waals surface area contributed by atoms with Gasteiger partial charge in [0.15, 0.2) is 0 Å². The van der Waals surface area contributed by atoms with E-state index in [0.717, 1.165) is 50.7 Å². The van der Waals surface area contributed by atoms with Gasteiger partial charge in [0.05, 0.1) is 6.10 Å². The fraction of sp³-hybridized carbons (Fsp3) is 0.500. The molecule has 1 aliphatic rings. The third-order valence-electron chi connectivity index (χ3n) is 4.58. The number of ether oxygens (including phenoxy) is 1. The van der Waals surface area contributed by atoms with Crippen molar-refractivity contribution in [1.29, 1.82) is 0 Å². The van der Waals surface area contributed by atoms with Crippen molar-refractivity contribution in [3.8, 4) is 0 Å². The first-order valence-corrected chi connectivity index (χ1v) is 8.91. The van der Waals surface area contributed by atoms with Crippen LogP contribution in [0.5, 0.6) is 0 Å². The minimum absolute atomic E-state index is 0.302. The lowest BCUT2D eigenvalue weighted by Crippen LogP contribution is -2.22. The third-order valence-corrected chi connectivity index (χ3v) is 4.58. The molecule has 2 aromatic rings. The molecule has 0 spiro atoms. The van der Waals surface area contributed by atoms with Gasteiger partial charge in [-0.25, -0.2) is 0 Å². The maximum atomic E-state index is 6.07. The van der Waals surface area contributed by atoms with Gasteiger partial charge in [-0.3, -0.25) is 4.90 Å². The van der Waals surface area contributed by atoms with Crippen LogP contribution in [0.15, 0.2) is 40.8 Å². The monoisotopic (exact) mass is 328 g/mol. The Bertz CT molecular complexity index is 624. The van der Waals surface area contributed by atoms with Gasteiger partial charge in [-0.1, -0.05) is 37.3 Å². The first-order chi connectivity index (χ1) is 11.7. The number of nitrogens with zero attached hydrogens (tertiary/aromatic N) is 1. The molecule has 1 aromatic carbocycles. The summed E-state index contributed by atoms with van der Waals surface area (Å²) in [6.07, 6.45) is 1.40. The van der Waals surface area contributed by atoms with E-state index in [1.165, 1.54) is 11.1 Å². The predicted octanol–water partition coefficient (Wildman–Crippen LogP) is 3.49. The van der Waals surface area contributed by atoms with E-state index in [0.29, 0.717) is 12.7 Å². The van der Waals surface area contributed by atoms with Crippen LogP contribution in [-0.4, -0.2) is 30.6 Å². The van der Waals surface area contributed by atoms with Crippen molar-refractivity contribution in [2.45, 2.75) is 46.1 Å². The van der Waals surface area contributed by atoms with E-state index in [1.807, 2.05) is 6.92 Å². The molecule has 1 unspecified atom stereocenters. The standard InChI is InChI=1S/C20H28N2O2/c1-3-21-12-18-11-20(24-16(18)2)15-23-19-9-10-22(14-19)13-17-7-5-4-6-8-17/h4-8,11,19,21H,3,9-10,12-15H2,1-2H3.